The molecule has 0 amide bonds. The van der Waals surface area contributed by atoms with Crippen LogP contribution in [0.15, 0.2) is 36.4 Å². The summed E-state index contributed by atoms with van der Waals surface area (Å²) in [5.74, 6) is -0.139. The van der Waals surface area contributed by atoms with Crippen LogP contribution in [0.25, 0.3) is 0 Å². The molecular formula is C17H19FN2. The first-order valence-corrected chi connectivity index (χ1v) is 6.98. The quantitative estimate of drug-likeness (QED) is 0.892. The van der Waals surface area contributed by atoms with Gasteiger partial charge < -0.3 is 5.43 Å². The summed E-state index contributed by atoms with van der Waals surface area (Å²) in [5.41, 5.74) is 9.52. The van der Waals surface area contributed by atoms with E-state index in [0.717, 1.165) is 25.1 Å². The van der Waals surface area contributed by atoms with E-state index in [1.54, 1.807) is 12.1 Å². The smallest absolute Gasteiger partial charge is 0.123 e. The molecular weight excluding hydrogens is 251 g/mol. The van der Waals surface area contributed by atoms with Crippen molar-refractivity contribution in [3.63, 3.8) is 0 Å². The average molecular weight is 270 g/mol. The Kier molecular flexibility index (Phi) is 3.45. The number of nitrogens with zero attached hydrogens (tertiary/aromatic N) is 1. The second kappa shape index (κ2) is 5.25. The van der Waals surface area contributed by atoms with Crippen LogP contribution in [-0.4, -0.2) is 11.6 Å². The Bertz CT molecular complexity index is 617. The fourth-order valence-corrected chi connectivity index (χ4v) is 2.77. The summed E-state index contributed by atoms with van der Waals surface area (Å²) in [4.78, 5) is 0. The van der Waals surface area contributed by atoms with E-state index in [9.17, 15) is 4.39 Å². The van der Waals surface area contributed by atoms with Crippen molar-refractivity contribution in [2.75, 3.05) is 12.0 Å². The molecule has 0 bridgehead atoms. The maximum absolute atomic E-state index is 13.2. The Labute approximate surface area is 119 Å². The van der Waals surface area contributed by atoms with E-state index in [4.69, 9.17) is 0 Å². The van der Waals surface area contributed by atoms with Crippen molar-refractivity contribution in [2.24, 2.45) is 0 Å². The summed E-state index contributed by atoms with van der Waals surface area (Å²) in [6.45, 7) is 5.93. The highest BCUT2D eigenvalue weighted by Crippen LogP contribution is 2.24. The third-order valence-electron chi connectivity index (χ3n) is 3.93. The number of hydrazine groups is 1. The average Bonchev–Trinajstić information content (AvgIpc) is 2.43. The molecule has 0 atom stereocenters. The first kappa shape index (κ1) is 13.1. The van der Waals surface area contributed by atoms with Gasteiger partial charge in [-0.1, -0.05) is 24.3 Å². The minimum absolute atomic E-state index is 0.139. The van der Waals surface area contributed by atoms with E-state index in [0.29, 0.717) is 0 Å². The Morgan fingerprint density at radius 3 is 2.55 bits per heavy atom. The Hall–Kier alpha value is -1.87. The van der Waals surface area contributed by atoms with Gasteiger partial charge in [0.05, 0.1) is 5.69 Å². The molecule has 2 nitrogen and oxygen atoms in total. The Morgan fingerprint density at radius 1 is 1.05 bits per heavy atom. The van der Waals surface area contributed by atoms with Crippen LogP contribution >= 0.6 is 0 Å². The van der Waals surface area contributed by atoms with Crippen LogP contribution in [0.5, 0.6) is 0 Å². The minimum Gasteiger partial charge on any atom is -0.318 e. The molecule has 2 aromatic carbocycles. The number of halogens is 1. The van der Waals surface area contributed by atoms with Gasteiger partial charge in [-0.3, -0.25) is 0 Å². The monoisotopic (exact) mass is 270 g/mol. The van der Waals surface area contributed by atoms with E-state index < -0.39 is 0 Å². The van der Waals surface area contributed by atoms with Gasteiger partial charge in [0.25, 0.3) is 0 Å². The number of aryl methyl sites for hydroxylation is 2. The summed E-state index contributed by atoms with van der Waals surface area (Å²) in [7, 11) is 0. The van der Waals surface area contributed by atoms with Crippen LogP contribution in [-0.2, 0) is 13.0 Å². The molecule has 0 aliphatic carbocycles. The predicted molar refractivity (Wildman–Crippen MR) is 80.1 cm³/mol. The zero-order valence-corrected chi connectivity index (χ0v) is 11.9. The molecule has 0 aromatic heterocycles. The lowest BCUT2D eigenvalue weighted by molar-refractivity contribution is 0.307. The van der Waals surface area contributed by atoms with Gasteiger partial charge in [-0.25, -0.2) is 9.40 Å². The van der Waals surface area contributed by atoms with Crippen LogP contribution < -0.4 is 5.43 Å². The van der Waals surface area contributed by atoms with E-state index in [1.807, 2.05) is 6.07 Å². The third kappa shape index (κ3) is 2.54. The molecule has 0 fully saturated rings. The molecule has 2 aromatic rings. The van der Waals surface area contributed by atoms with Crippen molar-refractivity contribution in [1.29, 1.82) is 0 Å². The fraction of sp³-hybridized carbons (Fsp3) is 0.294. The molecule has 3 rings (SSSR count). The van der Waals surface area contributed by atoms with Crippen LogP contribution in [0.2, 0.25) is 0 Å². The van der Waals surface area contributed by atoms with Crippen molar-refractivity contribution < 1.29 is 4.39 Å². The largest absolute Gasteiger partial charge is 0.318 e. The predicted octanol–water partition coefficient (Wildman–Crippen LogP) is 3.83. The van der Waals surface area contributed by atoms with Gasteiger partial charge in [0.15, 0.2) is 0 Å². The van der Waals surface area contributed by atoms with Gasteiger partial charge in [-0.15, -0.1) is 0 Å². The zero-order chi connectivity index (χ0) is 14.1. The summed E-state index contributed by atoms with van der Waals surface area (Å²) < 4.78 is 13.2. The molecule has 0 saturated heterocycles. The molecule has 1 N–H and O–H groups in total. The van der Waals surface area contributed by atoms with Crippen molar-refractivity contribution >= 4 is 5.69 Å². The summed E-state index contributed by atoms with van der Waals surface area (Å²) in [6.07, 6.45) is 0.880. The van der Waals surface area contributed by atoms with Crippen molar-refractivity contribution in [3.8, 4) is 0 Å². The molecule has 0 saturated carbocycles. The van der Waals surface area contributed by atoms with Gasteiger partial charge in [0.1, 0.15) is 5.82 Å². The number of nitrogens with one attached hydrogen (secondary N) is 1. The minimum atomic E-state index is -0.139. The highest BCUT2D eigenvalue weighted by molar-refractivity contribution is 5.56. The zero-order valence-electron chi connectivity index (χ0n) is 11.9. The molecule has 0 unspecified atom stereocenters. The van der Waals surface area contributed by atoms with Gasteiger partial charge in [0.2, 0.25) is 0 Å². The topological polar surface area (TPSA) is 15.3 Å². The summed E-state index contributed by atoms with van der Waals surface area (Å²) >= 11 is 0. The second-order valence-electron chi connectivity index (χ2n) is 5.46. The number of para-hydroxylation sites is 1. The number of hydrogen-bond acceptors (Lipinski definition) is 2. The van der Waals surface area contributed by atoms with E-state index in [1.165, 1.54) is 22.4 Å². The van der Waals surface area contributed by atoms with Gasteiger partial charge in [-0.05, 0) is 54.7 Å². The maximum atomic E-state index is 13.2. The van der Waals surface area contributed by atoms with Crippen LogP contribution in [0.4, 0.5) is 10.1 Å². The Morgan fingerprint density at radius 2 is 1.80 bits per heavy atom. The molecule has 0 radical (unpaired) electrons. The first-order valence-electron chi connectivity index (χ1n) is 6.98. The molecule has 104 valence electrons. The van der Waals surface area contributed by atoms with E-state index in [-0.39, 0.29) is 5.82 Å². The molecule has 1 aliphatic rings. The van der Waals surface area contributed by atoms with E-state index >= 15 is 0 Å². The summed E-state index contributed by atoms with van der Waals surface area (Å²) in [5, 5.41) is 2.20. The number of anilines is 1. The second-order valence-corrected chi connectivity index (χ2v) is 5.46. The van der Waals surface area contributed by atoms with Crippen molar-refractivity contribution in [1.82, 2.24) is 5.01 Å². The number of benzene rings is 2. The number of hydrogen-bond donors (Lipinski definition) is 1. The fourth-order valence-electron chi connectivity index (χ4n) is 2.77. The van der Waals surface area contributed by atoms with Gasteiger partial charge >= 0.3 is 0 Å². The Balaban J connectivity index is 1.79. The van der Waals surface area contributed by atoms with Gasteiger partial charge in [-0.2, -0.15) is 0 Å². The van der Waals surface area contributed by atoms with Crippen LogP contribution in [0.1, 0.15) is 22.3 Å². The molecule has 3 heteroatoms. The lowest BCUT2D eigenvalue weighted by Crippen LogP contribution is -2.35. The number of rotatable bonds is 2. The molecule has 1 aliphatic heterocycles. The van der Waals surface area contributed by atoms with Crippen LogP contribution in [0.3, 0.4) is 0 Å². The van der Waals surface area contributed by atoms with Crippen LogP contribution in [0, 0.1) is 19.7 Å². The third-order valence-corrected chi connectivity index (χ3v) is 3.93. The first-order chi connectivity index (χ1) is 9.63. The SMILES string of the molecule is Cc1cccc(C)c1NN1CCc2cc(F)ccc2C1. The van der Waals surface area contributed by atoms with E-state index in [2.05, 4.69) is 42.5 Å². The standard InChI is InChI=1S/C17H19FN2/c1-12-4-3-5-13(2)17(12)19-20-9-8-14-10-16(18)7-6-15(14)11-20/h3-7,10,19H,8-9,11H2,1-2H3. The van der Waals surface area contributed by atoms with Crippen molar-refractivity contribution in [2.45, 2.75) is 26.8 Å². The highest BCUT2D eigenvalue weighted by Gasteiger charge is 2.17. The molecule has 1 heterocycles. The summed E-state index contributed by atoms with van der Waals surface area (Å²) in [6, 6.07) is 11.4. The lowest BCUT2D eigenvalue weighted by atomic mass is 10.0. The van der Waals surface area contributed by atoms with Gasteiger partial charge in [0, 0.05) is 13.1 Å². The molecule has 0 spiro atoms. The maximum Gasteiger partial charge on any atom is 0.123 e. The highest BCUT2D eigenvalue weighted by atomic mass is 19.1. The normalized spacial score (nSPS) is 14.9. The van der Waals surface area contributed by atoms with Crippen molar-refractivity contribution in [3.05, 3.63) is 64.5 Å². The number of fused-ring (bicyclic) bond motifs is 1. The molecule has 20 heavy (non-hydrogen) atoms. The lowest BCUT2D eigenvalue weighted by Gasteiger charge is -2.31.